The lowest BCUT2D eigenvalue weighted by atomic mass is 10.1. The fourth-order valence-electron chi connectivity index (χ4n) is 2.86. The number of carbonyl (C=O) groups excluding carboxylic acids is 1. The molecule has 0 bridgehead atoms. The van der Waals surface area contributed by atoms with Gasteiger partial charge >= 0.3 is 0 Å². The van der Waals surface area contributed by atoms with Gasteiger partial charge in [-0.15, -0.1) is 0 Å². The van der Waals surface area contributed by atoms with Crippen molar-refractivity contribution in [1.82, 2.24) is 14.9 Å². The first-order chi connectivity index (χ1) is 11.6. The Labute approximate surface area is 141 Å². The Hall–Kier alpha value is -2.66. The van der Waals surface area contributed by atoms with Crippen LogP contribution >= 0.6 is 0 Å². The summed E-state index contributed by atoms with van der Waals surface area (Å²) in [6, 6.07) is 17.3. The van der Waals surface area contributed by atoms with Gasteiger partial charge in [-0.2, -0.15) is 0 Å². The Bertz CT molecular complexity index is 826. The topological polar surface area (TPSA) is 72.9 Å². The van der Waals surface area contributed by atoms with E-state index in [2.05, 4.69) is 14.9 Å². The summed E-state index contributed by atoms with van der Waals surface area (Å²) in [6.45, 7) is 3.18. The molecule has 124 valence electrons. The predicted octanol–water partition coefficient (Wildman–Crippen LogP) is 2.03. The summed E-state index contributed by atoms with van der Waals surface area (Å²) >= 11 is 0. The van der Waals surface area contributed by atoms with Crippen molar-refractivity contribution in [1.29, 1.82) is 0 Å². The van der Waals surface area contributed by atoms with Gasteiger partial charge < -0.3 is 15.6 Å². The summed E-state index contributed by atoms with van der Waals surface area (Å²) in [7, 11) is 0. The van der Waals surface area contributed by atoms with E-state index in [9.17, 15) is 4.79 Å². The van der Waals surface area contributed by atoms with Gasteiger partial charge in [-0.25, -0.2) is 4.98 Å². The Morgan fingerprint density at radius 3 is 2.67 bits per heavy atom. The van der Waals surface area contributed by atoms with Crippen LogP contribution in [0.15, 0.2) is 54.6 Å². The molecule has 3 N–H and O–H groups in total. The Morgan fingerprint density at radius 2 is 1.88 bits per heavy atom. The van der Waals surface area contributed by atoms with E-state index < -0.39 is 6.04 Å². The summed E-state index contributed by atoms with van der Waals surface area (Å²) in [5.41, 5.74) is 9.12. The molecule has 0 aliphatic heterocycles. The minimum atomic E-state index is -0.534. The quantitative estimate of drug-likeness (QED) is 0.729. The molecule has 3 aromatic rings. The standard InChI is InChI=1S/C19H22N4O/c1-14-22-17-9-5-6-10-18(17)23(14)12-11-21-19(24)16(20)13-15-7-3-2-4-8-15/h2-10,16H,11-13,20H2,1H3,(H,21,24). The van der Waals surface area contributed by atoms with E-state index in [1.165, 1.54) is 0 Å². The monoisotopic (exact) mass is 322 g/mol. The van der Waals surface area contributed by atoms with Crippen LogP contribution in [0.5, 0.6) is 0 Å². The lowest BCUT2D eigenvalue weighted by Crippen LogP contribution is -2.43. The van der Waals surface area contributed by atoms with Crippen molar-refractivity contribution < 1.29 is 4.79 Å². The number of imidazole rings is 1. The summed E-state index contributed by atoms with van der Waals surface area (Å²) in [6.07, 6.45) is 0.541. The molecule has 1 heterocycles. The van der Waals surface area contributed by atoms with Gasteiger partial charge in [0.15, 0.2) is 0 Å². The van der Waals surface area contributed by atoms with Gasteiger partial charge in [-0.1, -0.05) is 42.5 Å². The molecule has 1 atom stereocenters. The summed E-state index contributed by atoms with van der Waals surface area (Å²) in [4.78, 5) is 16.7. The number of nitrogens with two attached hydrogens (primary N) is 1. The number of nitrogens with one attached hydrogen (secondary N) is 1. The van der Waals surface area contributed by atoms with Crippen LogP contribution in [-0.2, 0) is 17.8 Å². The molecule has 0 radical (unpaired) electrons. The molecular weight excluding hydrogens is 300 g/mol. The second kappa shape index (κ2) is 7.27. The van der Waals surface area contributed by atoms with Crippen molar-refractivity contribution in [3.63, 3.8) is 0 Å². The van der Waals surface area contributed by atoms with Gasteiger partial charge in [0.2, 0.25) is 5.91 Å². The van der Waals surface area contributed by atoms with Gasteiger partial charge in [0.05, 0.1) is 17.1 Å². The highest BCUT2D eigenvalue weighted by atomic mass is 16.2. The minimum Gasteiger partial charge on any atom is -0.353 e. The number of hydrogen-bond donors (Lipinski definition) is 2. The zero-order valence-electron chi connectivity index (χ0n) is 13.8. The van der Waals surface area contributed by atoms with E-state index in [1.54, 1.807) is 0 Å². The number of amides is 1. The molecule has 1 amide bonds. The molecular formula is C19H22N4O. The van der Waals surface area contributed by atoms with E-state index in [-0.39, 0.29) is 5.91 Å². The molecule has 0 aliphatic carbocycles. The van der Waals surface area contributed by atoms with Crippen molar-refractivity contribution in [2.45, 2.75) is 25.9 Å². The van der Waals surface area contributed by atoms with Crippen LogP contribution in [0.1, 0.15) is 11.4 Å². The number of hydrogen-bond acceptors (Lipinski definition) is 3. The van der Waals surface area contributed by atoms with Crippen molar-refractivity contribution in [3.05, 3.63) is 66.0 Å². The fraction of sp³-hybridized carbons (Fsp3) is 0.263. The lowest BCUT2D eigenvalue weighted by molar-refractivity contribution is -0.122. The Balaban J connectivity index is 1.55. The van der Waals surface area contributed by atoms with Gasteiger partial charge in [0, 0.05) is 13.1 Å². The second-order valence-corrected chi connectivity index (χ2v) is 5.89. The van der Waals surface area contributed by atoms with Crippen molar-refractivity contribution in [3.8, 4) is 0 Å². The number of benzene rings is 2. The molecule has 0 spiro atoms. The van der Waals surface area contributed by atoms with E-state index in [0.717, 1.165) is 22.4 Å². The smallest absolute Gasteiger partial charge is 0.237 e. The zero-order valence-corrected chi connectivity index (χ0v) is 13.8. The number of aromatic nitrogens is 2. The van der Waals surface area contributed by atoms with E-state index in [0.29, 0.717) is 19.5 Å². The average molecular weight is 322 g/mol. The highest BCUT2D eigenvalue weighted by Gasteiger charge is 2.14. The van der Waals surface area contributed by atoms with Crippen molar-refractivity contribution in [2.75, 3.05) is 6.54 Å². The van der Waals surface area contributed by atoms with Crippen LogP contribution < -0.4 is 11.1 Å². The van der Waals surface area contributed by atoms with E-state index in [1.807, 2.05) is 61.5 Å². The Morgan fingerprint density at radius 1 is 1.17 bits per heavy atom. The van der Waals surface area contributed by atoms with Crippen LogP contribution in [0.2, 0.25) is 0 Å². The van der Waals surface area contributed by atoms with Crippen molar-refractivity contribution in [2.24, 2.45) is 5.73 Å². The third-order valence-electron chi connectivity index (χ3n) is 4.12. The molecule has 5 heteroatoms. The summed E-state index contributed by atoms with van der Waals surface area (Å²) < 4.78 is 2.11. The maximum Gasteiger partial charge on any atom is 0.237 e. The van der Waals surface area contributed by atoms with Crippen LogP contribution in [0, 0.1) is 6.92 Å². The van der Waals surface area contributed by atoms with E-state index >= 15 is 0 Å². The molecule has 1 unspecified atom stereocenters. The SMILES string of the molecule is Cc1nc2ccccc2n1CCNC(=O)C(N)Cc1ccccc1. The van der Waals surface area contributed by atoms with Gasteiger partial charge in [0.1, 0.15) is 5.82 Å². The molecule has 3 rings (SSSR count). The maximum absolute atomic E-state index is 12.2. The largest absolute Gasteiger partial charge is 0.353 e. The second-order valence-electron chi connectivity index (χ2n) is 5.89. The minimum absolute atomic E-state index is 0.124. The molecule has 24 heavy (non-hydrogen) atoms. The zero-order chi connectivity index (χ0) is 16.9. The first kappa shape index (κ1) is 16.2. The Kier molecular flexibility index (Phi) is 4.91. The molecule has 0 saturated heterocycles. The number of rotatable bonds is 6. The van der Waals surface area contributed by atoms with E-state index in [4.69, 9.17) is 5.73 Å². The molecule has 0 aliphatic rings. The number of carbonyl (C=O) groups is 1. The summed E-state index contributed by atoms with van der Waals surface area (Å²) in [5, 5.41) is 2.92. The highest BCUT2D eigenvalue weighted by molar-refractivity contribution is 5.81. The van der Waals surface area contributed by atoms with Crippen LogP contribution in [-0.4, -0.2) is 28.0 Å². The number of aryl methyl sites for hydroxylation is 1. The first-order valence-electron chi connectivity index (χ1n) is 8.14. The maximum atomic E-state index is 12.2. The van der Waals surface area contributed by atoms with Crippen molar-refractivity contribution >= 4 is 16.9 Å². The lowest BCUT2D eigenvalue weighted by Gasteiger charge is -2.13. The third-order valence-corrected chi connectivity index (χ3v) is 4.12. The molecule has 0 saturated carbocycles. The fourth-order valence-corrected chi connectivity index (χ4v) is 2.86. The number of fused-ring (bicyclic) bond motifs is 1. The first-order valence-corrected chi connectivity index (χ1v) is 8.14. The summed E-state index contributed by atoms with van der Waals surface area (Å²) in [5.74, 6) is 0.819. The van der Waals surface area contributed by atoms with Gasteiger partial charge in [-0.05, 0) is 31.0 Å². The normalized spacial score (nSPS) is 12.2. The van der Waals surface area contributed by atoms with Crippen LogP contribution in [0.3, 0.4) is 0 Å². The third kappa shape index (κ3) is 3.63. The molecule has 5 nitrogen and oxygen atoms in total. The molecule has 2 aromatic carbocycles. The van der Waals surface area contributed by atoms with Crippen LogP contribution in [0.4, 0.5) is 0 Å². The highest BCUT2D eigenvalue weighted by Crippen LogP contribution is 2.14. The molecule has 0 fully saturated rings. The average Bonchev–Trinajstić information content (AvgIpc) is 2.91. The molecule has 1 aromatic heterocycles. The van der Waals surface area contributed by atoms with Gasteiger partial charge in [-0.3, -0.25) is 4.79 Å². The van der Waals surface area contributed by atoms with Crippen LogP contribution in [0.25, 0.3) is 11.0 Å². The predicted molar refractivity (Wildman–Crippen MR) is 95.6 cm³/mol. The van der Waals surface area contributed by atoms with Gasteiger partial charge in [0.25, 0.3) is 0 Å². The number of para-hydroxylation sites is 2. The number of nitrogens with zero attached hydrogens (tertiary/aromatic N) is 2.